The summed E-state index contributed by atoms with van der Waals surface area (Å²) in [5.41, 5.74) is 1.62. The Morgan fingerprint density at radius 3 is 3.19 bits per heavy atom. The van der Waals surface area contributed by atoms with Crippen LogP contribution >= 0.6 is 0 Å². The quantitative estimate of drug-likeness (QED) is 0.735. The van der Waals surface area contributed by atoms with Gasteiger partial charge in [0.25, 0.3) is 0 Å². The Morgan fingerprint density at radius 1 is 1.31 bits per heavy atom. The number of nitrogens with zero attached hydrogens (tertiary/aromatic N) is 1. The van der Waals surface area contributed by atoms with Crippen molar-refractivity contribution in [1.29, 1.82) is 0 Å². The van der Waals surface area contributed by atoms with Crippen LogP contribution in [-0.4, -0.2) is 4.98 Å². The third kappa shape index (κ3) is 1.48. The highest BCUT2D eigenvalue weighted by Gasteiger charge is 2.14. The lowest BCUT2D eigenvalue weighted by molar-refractivity contribution is 0.309. The van der Waals surface area contributed by atoms with Gasteiger partial charge in [-0.15, -0.1) is 0 Å². The molecule has 0 atom stereocenters. The van der Waals surface area contributed by atoms with Crippen molar-refractivity contribution in [3.05, 3.63) is 47.9 Å². The zero-order valence-corrected chi connectivity index (χ0v) is 8.40. The smallest absolute Gasteiger partial charge is 0.173 e. The summed E-state index contributed by atoms with van der Waals surface area (Å²) in [5.74, 6) is 1.08. The summed E-state index contributed by atoms with van der Waals surface area (Å²) in [5, 5.41) is 3.13. The molecule has 0 aliphatic carbocycles. The number of rotatable bonds is 0. The van der Waals surface area contributed by atoms with Crippen molar-refractivity contribution in [2.24, 2.45) is 0 Å². The second kappa shape index (κ2) is 3.48. The highest BCUT2D eigenvalue weighted by atomic mass is 19.1. The molecule has 0 radical (unpaired) electrons. The number of nitrogens with one attached hydrogen (secondary N) is 1. The van der Waals surface area contributed by atoms with Crippen LogP contribution in [0, 0.1) is 5.82 Å². The second-order valence-corrected chi connectivity index (χ2v) is 3.57. The van der Waals surface area contributed by atoms with Crippen LogP contribution in [0.2, 0.25) is 0 Å². The summed E-state index contributed by atoms with van der Waals surface area (Å²) in [6.45, 7) is 0.346. The van der Waals surface area contributed by atoms with E-state index in [-0.39, 0.29) is 5.82 Å². The van der Waals surface area contributed by atoms with E-state index in [0.29, 0.717) is 18.2 Å². The van der Waals surface area contributed by atoms with Gasteiger partial charge >= 0.3 is 0 Å². The van der Waals surface area contributed by atoms with Crippen molar-refractivity contribution in [2.45, 2.75) is 6.61 Å². The predicted octanol–water partition coefficient (Wildman–Crippen LogP) is 2.86. The maximum Gasteiger partial charge on any atom is 0.173 e. The van der Waals surface area contributed by atoms with Crippen LogP contribution in [-0.2, 0) is 6.61 Å². The number of halogens is 1. The van der Waals surface area contributed by atoms with Crippen molar-refractivity contribution in [2.75, 3.05) is 5.32 Å². The van der Waals surface area contributed by atoms with Gasteiger partial charge in [-0.1, -0.05) is 0 Å². The first-order chi connectivity index (χ1) is 7.83. The topological polar surface area (TPSA) is 34.1 Å². The molecular weight excluding hydrogens is 207 g/mol. The minimum Gasteiger partial charge on any atom is -0.485 e. The SMILES string of the molecule is Fc1ccc2c(c1)COc1cccnc1N2. The largest absolute Gasteiger partial charge is 0.485 e. The molecule has 4 heteroatoms. The number of aromatic nitrogens is 1. The fourth-order valence-corrected chi connectivity index (χ4v) is 1.69. The van der Waals surface area contributed by atoms with Crippen molar-refractivity contribution < 1.29 is 9.13 Å². The number of benzene rings is 1. The minimum atomic E-state index is -0.261. The van der Waals surface area contributed by atoms with E-state index in [0.717, 1.165) is 11.3 Å². The Labute approximate surface area is 91.9 Å². The van der Waals surface area contributed by atoms with E-state index in [1.165, 1.54) is 12.1 Å². The molecule has 0 spiro atoms. The highest BCUT2D eigenvalue weighted by molar-refractivity contribution is 5.66. The summed E-state index contributed by atoms with van der Waals surface area (Å²) in [4.78, 5) is 4.17. The molecule has 80 valence electrons. The Balaban J connectivity index is 2.08. The summed E-state index contributed by atoms with van der Waals surface area (Å²) in [6, 6.07) is 8.21. The number of hydrogen-bond donors (Lipinski definition) is 1. The van der Waals surface area contributed by atoms with E-state index < -0.39 is 0 Å². The number of ether oxygens (including phenoxy) is 1. The molecule has 0 saturated heterocycles. The lowest BCUT2D eigenvalue weighted by Gasteiger charge is -2.05. The number of fused-ring (bicyclic) bond motifs is 2. The molecule has 1 aromatic heterocycles. The first-order valence-corrected chi connectivity index (χ1v) is 4.96. The average molecular weight is 216 g/mol. The van der Waals surface area contributed by atoms with Gasteiger partial charge in [0.05, 0.1) is 0 Å². The van der Waals surface area contributed by atoms with E-state index in [4.69, 9.17) is 4.74 Å². The summed E-state index contributed by atoms with van der Waals surface area (Å²) < 4.78 is 18.6. The van der Waals surface area contributed by atoms with E-state index in [9.17, 15) is 4.39 Å². The fourth-order valence-electron chi connectivity index (χ4n) is 1.69. The Morgan fingerprint density at radius 2 is 2.25 bits per heavy atom. The van der Waals surface area contributed by atoms with E-state index in [1.54, 1.807) is 18.3 Å². The van der Waals surface area contributed by atoms with Crippen molar-refractivity contribution in [1.82, 2.24) is 4.98 Å². The number of pyridine rings is 1. The van der Waals surface area contributed by atoms with Crippen LogP contribution in [0.3, 0.4) is 0 Å². The van der Waals surface area contributed by atoms with Crippen LogP contribution in [0.15, 0.2) is 36.5 Å². The lowest BCUT2D eigenvalue weighted by atomic mass is 10.2. The molecule has 0 amide bonds. The third-order valence-electron chi connectivity index (χ3n) is 2.47. The Kier molecular flexibility index (Phi) is 1.99. The normalized spacial score (nSPS) is 12.8. The fraction of sp³-hybridized carbons (Fsp3) is 0.0833. The van der Waals surface area contributed by atoms with Crippen LogP contribution in [0.25, 0.3) is 0 Å². The van der Waals surface area contributed by atoms with Crippen molar-refractivity contribution in [3.63, 3.8) is 0 Å². The summed E-state index contributed by atoms with van der Waals surface area (Å²) in [7, 11) is 0. The second-order valence-electron chi connectivity index (χ2n) is 3.57. The Bertz CT molecular complexity index is 542. The van der Waals surface area contributed by atoms with Crippen LogP contribution in [0.4, 0.5) is 15.9 Å². The van der Waals surface area contributed by atoms with Gasteiger partial charge in [0, 0.05) is 17.4 Å². The summed E-state index contributed by atoms with van der Waals surface area (Å²) in [6.07, 6.45) is 1.68. The maximum atomic E-state index is 13.1. The van der Waals surface area contributed by atoms with Gasteiger partial charge in [0.15, 0.2) is 11.6 Å². The molecule has 1 aromatic carbocycles. The van der Waals surface area contributed by atoms with Gasteiger partial charge in [-0.05, 0) is 30.3 Å². The van der Waals surface area contributed by atoms with Gasteiger partial charge in [-0.25, -0.2) is 9.37 Å². The third-order valence-corrected chi connectivity index (χ3v) is 2.47. The van der Waals surface area contributed by atoms with Gasteiger partial charge < -0.3 is 10.1 Å². The monoisotopic (exact) mass is 216 g/mol. The minimum absolute atomic E-state index is 0.261. The Hall–Kier alpha value is -2.10. The molecule has 2 heterocycles. The zero-order valence-electron chi connectivity index (χ0n) is 8.40. The van der Waals surface area contributed by atoms with E-state index in [1.807, 2.05) is 6.07 Å². The molecule has 3 nitrogen and oxygen atoms in total. The van der Waals surface area contributed by atoms with Gasteiger partial charge in [0.2, 0.25) is 0 Å². The molecule has 0 saturated carbocycles. The molecule has 1 aliphatic rings. The number of anilines is 2. The molecule has 1 aliphatic heterocycles. The first-order valence-electron chi connectivity index (χ1n) is 4.96. The van der Waals surface area contributed by atoms with E-state index >= 15 is 0 Å². The molecule has 16 heavy (non-hydrogen) atoms. The lowest BCUT2D eigenvalue weighted by Crippen LogP contribution is -1.95. The number of hydrogen-bond acceptors (Lipinski definition) is 3. The van der Waals surface area contributed by atoms with Crippen molar-refractivity contribution >= 4 is 11.5 Å². The zero-order chi connectivity index (χ0) is 11.0. The van der Waals surface area contributed by atoms with Gasteiger partial charge in [-0.3, -0.25) is 0 Å². The molecule has 0 unspecified atom stereocenters. The molecule has 1 N–H and O–H groups in total. The standard InChI is InChI=1S/C12H9FN2O/c13-9-3-4-10-8(6-9)7-16-11-2-1-5-14-12(11)15-10/h1-6H,7H2,(H,14,15). The van der Waals surface area contributed by atoms with Crippen LogP contribution in [0.5, 0.6) is 5.75 Å². The van der Waals surface area contributed by atoms with Gasteiger partial charge in [0.1, 0.15) is 12.4 Å². The first kappa shape index (κ1) is 9.15. The van der Waals surface area contributed by atoms with E-state index in [2.05, 4.69) is 10.3 Å². The van der Waals surface area contributed by atoms with Gasteiger partial charge in [-0.2, -0.15) is 0 Å². The molecule has 3 rings (SSSR count). The molecular formula is C12H9FN2O. The molecule has 2 aromatic rings. The predicted molar refractivity (Wildman–Crippen MR) is 58.3 cm³/mol. The highest BCUT2D eigenvalue weighted by Crippen LogP contribution is 2.31. The summed E-state index contributed by atoms with van der Waals surface area (Å²) >= 11 is 0. The van der Waals surface area contributed by atoms with Crippen molar-refractivity contribution in [3.8, 4) is 5.75 Å². The van der Waals surface area contributed by atoms with Crippen LogP contribution in [0.1, 0.15) is 5.56 Å². The molecule has 0 bridgehead atoms. The average Bonchev–Trinajstić information content (AvgIpc) is 2.48. The van der Waals surface area contributed by atoms with Crippen LogP contribution < -0.4 is 10.1 Å². The maximum absolute atomic E-state index is 13.1. The molecule has 0 fully saturated rings.